The summed E-state index contributed by atoms with van der Waals surface area (Å²) in [5.74, 6) is 2.00. The van der Waals surface area contributed by atoms with E-state index in [1.54, 1.807) is 12.1 Å². The van der Waals surface area contributed by atoms with Gasteiger partial charge in [0.15, 0.2) is 11.5 Å². The summed E-state index contributed by atoms with van der Waals surface area (Å²) in [6.45, 7) is 0. The SMILES string of the molecule is COc1cc(C=NNc2oc(-c3ccccc3)nc2C#N)cc(OC)c1OC. The number of methoxy groups -OCH3 is 3. The molecule has 1 heterocycles. The maximum atomic E-state index is 9.28. The highest BCUT2D eigenvalue weighted by atomic mass is 16.5. The summed E-state index contributed by atoms with van der Waals surface area (Å²) in [6, 6.07) is 14.8. The lowest BCUT2D eigenvalue weighted by atomic mass is 10.2. The van der Waals surface area contributed by atoms with Crippen molar-refractivity contribution >= 4 is 12.1 Å². The maximum Gasteiger partial charge on any atom is 0.252 e. The molecule has 0 radical (unpaired) electrons. The van der Waals surface area contributed by atoms with E-state index in [0.717, 1.165) is 5.56 Å². The number of nitrogens with zero attached hydrogens (tertiary/aromatic N) is 3. The van der Waals surface area contributed by atoms with Crippen LogP contribution in [0.25, 0.3) is 11.5 Å². The fraction of sp³-hybridized carbons (Fsp3) is 0.150. The molecule has 28 heavy (non-hydrogen) atoms. The molecule has 0 aliphatic carbocycles. The van der Waals surface area contributed by atoms with Gasteiger partial charge in [0, 0.05) is 11.1 Å². The lowest BCUT2D eigenvalue weighted by Crippen LogP contribution is -1.97. The largest absolute Gasteiger partial charge is 0.493 e. The molecular formula is C20H18N4O4. The van der Waals surface area contributed by atoms with E-state index in [9.17, 15) is 5.26 Å². The van der Waals surface area contributed by atoms with E-state index in [1.807, 2.05) is 36.4 Å². The fourth-order valence-corrected chi connectivity index (χ4v) is 2.52. The van der Waals surface area contributed by atoms with Gasteiger partial charge in [0.1, 0.15) is 6.07 Å². The van der Waals surface area contributed by atoms with Crippen LogP contribution in [0, 0.1) is 11.3 Å². The van der Waals surface area contributed by atoms with E-state index < -0.39 is 0 Å². The van der Waals surface area contributed by atoms with Gasteiger partial charge in [-0.15, -0.1) is 0 Å². The summed E-state index contributed by atoms with van der Waals surface area (Å²) < 4.78 is 21.5. The molecule has 0 bridgehead atoms. The lowest BCUT2D eigenvalue weighted by molar-refractivity contribution is 0.324. The molecule has 2 aromatic carbocycles. The molecule has 1 aromatic heterocycles. The maximum absolute atomic E-state index is 9.28. The predicted molar refractivity (Wildman–Crippen MR) is 104 cm³/mol. The van der Waals surface area contributed by atoms with Crippen molar-refractivity contribution in [2.45, 2.75) is 0 Å². The zero-order chi connectivity index (χ0) is 19.9. The Morgan fingerprint density at radius 1 is 1.07 bits per heavy atom. The van der Waals surface area contributed by atoms with Crippen LogP contribution in [0.15, 0.2) is 52.0 Å². The zero-order valence-electron chi connectivity index (χ0n) is 15.6. The molecule has 8 heteroatoms. The zero-order valence-corrected chi connectivity index (χ0v) is 15.6. The Balaban J connectivity index is 1.83. The summed E-state index contributed by atoms with van der Waals surface area (Å²) >= 11 is 0. The van der Waals surface area contributed by atoms with Gasteiger partial charge in [0.2, 0.25) is 17.3 Å². The molecule has 3 rings (SSSR count). The van der Waals surface area contributed by atoms with Crippen molar-refractivity contribution < 1.29 is 18.6 Å². The first kappa shape index (κ1) is 18.8. The van der Waals surface area contributed by atoms with Gasteiger partial charge in [-0.25, -0.2) is 5.43 Å². The van der Waals surface area contributed by atoms with Crippen molar-refractivity contribution in [3.63, 3.8) is 0 Å². The molecule has 0 amide bonds. The summed E-state index contributed by atoms with van der Waals surface area (Å²) in [4.78, 5) is 4.18. The Bertz CT molecular complexity index is 997. The molecule has 3 aromatic rings. The van der Waals surface area contributed by atoms with Gasteiger partial charge in [0.25, 0.3) is 5.88 Å². The first-order chi connectivity index (χ1) is 13.7. The Kier molecular flexibility index (Phi) is 5.77. The minimum Gasteiger partial charge on any atom is -0.493 e. The van der Waals surface area contributed by atoms with Gasteiger partial charge in [-0.2, -0.15) is 15.3 Å². The predicted octanol–water partition coefficient (Wildman–Crippen LogP) is 3.69. The average molecular weight is 378 g/mol. The number of hydrogen-bond donors (Lipinski definition) is 1. The number of hydrogen-bond acceptors (Lipinski definition) is 8. The first-order valence-electron chi connectivity index (χ1n) is 8.25. The second-order valence-corrected chi connectivity index (χ2v) is 5.50. The topological polar surface area (TPSA) is 102 Å². The highest BCUT2D eigenvalue weighted by Crippen LogP contribution is 2.37. The summed E-state index contributed by atoms with van der Waals surface area (Å²) in [6.07, 6.45) is 1.54. The highest BCUT2D eigenvalue weighted by molar-refractivity contribution is 5.83. The third-order valence-corrected chi connectivity index (χ3v) is 3.82. The Labute approximate surface area is 162 Å². The molecule has 0 fully saturated rings. The van der Waals surface area contributed by atoms with Crippen molar-refractivity contribution in [1.29, 1.82) is 5.26 Å². The number of oxazole rings is 1. The summed E-state index contributed by atoms with van der Waals surface area (Å²) in [7, 11) is 4.61. The van der Waals surface area contributed by atoms with Crippen molar-refractivity contribution in [1.82, 2.24) is 4.98 Å². The smallest absolute Gasteiger partial charge is 0.252 e. The fourth-order valence-electron chi connectivity index (χ4n) is 2.52. The number of ether oxygens (including phenoxy) is 3. The Hall–Kier alpha value is -3.99. The second kappa shape index (κ2) is 8.60. The van der Waals surface area contributed by atoms with Crippen molar-refractivity contribution in [3.05, 3.63) is 53.7 Å². The molecule has 0 atom stereocenters. The van der Waals surface area contributed by atoms with Gasteiger partial charge in [0.05, 0.1) is 27.5 Å². The summed E-state index contributed by atoms with van der Waals surface area (Å²) in [5, 5.41) is 13.4. The molecule has 8 nitrogen and oxygen atoms in total. The number of nitriles is 1. The van der Waals surface area contributed by atoms with E-state index in [1.165, 1.54) is 27.5 Å². The standard InChI is InChI=1S/C20H18N4O4/c1-25-16-9-13(10-17(26-2)18(16)27-3)12-22-24-20-15(11-21)23-19(28-20)14-7-5-4-6-8-14/h4-10,12,24H,1-3H3. The van der Waals surface area contributed by atoms with Crippen LogP contribution in [0.5, 0.6) is 17.2 Å². The third kappa shape index (κ3) is 3.88. The van der Waals surface area contributed by atoms with Gasteiger partial charge in [-0.1, -0.05) is 18.2 Å². The molecule has 0 saturated heterocycles. The van der Waals surface area contributed by atoms with Gasteiger partial charge in [-0.3, -0.25) is 0 Å². The third-order valence-electron chi connectivity index (χ3n) is 3.82. The molecule has 0 unspecified atom stereocenters. The first-order valence-corrected chi connectivity index (χ1v) is 8.25. The van der Waals surface area contributed by atoms with Crippen molar-refractivity contribution in [2.24, 2.45) is 5.10 Å². The van der Waals surface area contributed by atoms with Crippen LogP contribution in [-0.2, 0) is 0 Å². The quantitative estimate of drug-likeness (QED) is 0.494. The molecule has 0 aliphatic heterocycles. The van der Waals surface area contributed by atoms with Gasteiger partial charge >= 0.3 is 0 Å². The molecular weight excluding hydrogens is 360 g/mol. The number of benzene rings is 2. The van der Waals surface area contributed by atoms with Crippen LogP contribution in [0.4, 0.5) is 5.88 Å². The van der Waals surface area contributed by atoms with Crippen molar-refractivity contribution in [2.75, 3.05) is 26.8 Å². The normalized spacial score (nSPS) is 10.5. The average Bonchev–Trinajstić information content (AvgIpc) is 3.16. The minimum atomic E-state index is 0.112. The number of hydrazone groups is 1. The molecule has 0 saturated carbocycles. The second-order valence-electron chi connectivity index (χ2n) is 5.50. The molecule has 0 spiro atoms. The molecule has 0 aliphatic rings. The summed E-state index contributed by atoms with van der Waals surface area (Å²) in [5.41, 5.74) is 4.29. The lowest BCUT2D eigenvalue weighted by Gasteiger charge is -2.12. The number of anilines is 1. The highest BCUT2D eigenvalue weighted by Gasteiger charge is 2.14. The van der Waals surface area contributed by atoms with Gasteiger partial charge < -0.3 is 18.6 Å². The molecule has 1 N–H and O–H groups in total. The minimum absolute atomic E-state index is 0.112. The van der Waals surface area contributed by atoms with Crippen LogP contribution >= 0.6 is 0 Å². The van der Waals surface area contributed by atoms with E-state index in [0.29, 0.717) is 28.7 Å². The van der Waals surface area contributed by atoms with Gasteiger partial charge in [-0.05, 0) is 24.3 Å². The number of nitrogens with one attached hydrogen (secondary N) is 1. The number of aromatic nitrogens is 1. The van der Waals surface area contributed by atoms with Crippen LogP contribution in [0.2, 0.25) is 0 Å². The van der Waals surface area contributed by atoms with Crippen molar-refractivity contribution in [3.8, 4) is 34.8 Å². The van der Waals surface area contributed by atoms with Crippen LogP contribution in [-0.4, -0.2) is 32.5 Å². The van der Waals surface area contributed by atoms with E-state index in [-0.39, 0.29) is 11.6 Å². The van der Waals surface area contributed by atoms with E-state index >= 15 is 0 Å². The Morgan fingerprint density at radius 2 is 1.75 bits per heavy atom. The van der Waals surface area contributed by atoms with Crippen LogP contribution < -0.4 is 19.6 Å². The Morgan fingerprint density at radius 3 is 2.32 bits per heavy atom. The monoisotopic (exact) mass is 378 g/mol. The van der Waals surface area contributed by atoms with Crippen LogP contribution in [0.3, 0.4) is 0 Å². The molecule has 142 valence electrons. The number of rotatable bonds is 7. The van der Waals surface area contributed by atoms with E-state index in [4.69, 9.17) is 18.6 Å². The van der Waals surface area contributed by atoms with Crippen LogP contribution in [0.1, 0.15) is 11.3 Å². The van der Waals surface area contributed by atoms with E-state index in [2.05, 4.69) is 15.5 Å².